The molecule has 9 heteroatoms. The molecule has 180 valence electrons. The fourth-order valence-electron chi connectivity index (χ4n) is 3.33. The van der Waals surface area contributed by atoms with Gasteiger partial charge in [0.25, 0.3) is 15.9 Å². The van der Waals surface area contributed by atoms with Crippen LogP contribution in [0.3, 0.4) is 0 Å². The summed E-state index contributed by atoms with van der Waals surface area (Å²) in [5.41, 5.74) is 3.12. The molecule has 3 rings (SSSR count). The molecule has 0 saturated heterocycles. The second kappa shape index (κ2) is 10.8. The van der Waals surface area contributed by atoms with Crippen molar-refractivity contribution in [3.05, 3.63) is 76.8 Å². The Morgan fingerprint density at radius 1 is 1.06 bits per heavy atom. The Kier molecular flexibility index (Phi) is 8.06. The van der Waals surface area contributed by atoms with Crippen LogP contribution in [0, 0.1) is 6.92 Å². The molecule has 0 aliphatic rings. The van der Waals surface area contributed by atoms with Crippen molar-refractivity contribution in [2.24, 2.45) is 0 Å². The standard InChI is InChI=1S/C25H27ClN2O5S/c1-16(2)21-7-5-6-17(3)25(21)27-24(29)15-33-19-9-11-20(12-10-19)34(30,31)28-18-8-13-23(32-4)22(26)14-18/h5-14,16,28H,15H2,1-4H3,(H,27,29). The molecule has 2 N–H and O–H groups in total. The first-order valence-corrected chi connectivity index (χ1v) is 12.5. The number of methoxy groups -OCH3 is 1. The van der Waals surface area contributed by atoms with Crippen LogP contribution in [0.5, 0.6) is 11.5 Å². The fraction of sp³-hybridized carbons (Fsp3) is 0.240. The highest BCUT2D eigenvalue weighted by molar-refractivity contribution is 7.92. The molecule has 0 saturated carbocycles. The van der Waals surface area contributed by atoms with Gasteiger partial charge in [0.1, 0.15) is 11.5 Å². The summed E-state index contributed by atoms with van der Waals surface area (Å²) in [6.45, 7) is 5.86. The van der Waals surface area contributed by atoms with E-state index in [1.807, 2.05) is 25.1 Å². The number of sulfonamides is 1. The summed E-state index contributed by atoms with van der Waals surface area (Å²) in [4.78, 5) is 12.5. The number of hydrogen-bond donors (Lipinski definition) is 2. The van der Waals surface area contributed by atoms with Crippen LogP contribution in [-0.4, -0.2) is 28.0 Å². The van der Waals surface area contributed by atoms with Gasteiger partial charge in [0.05, 0.1) is 22.7 Å². The van der Waals surface area contributed by atoms with E-state index in [2.05, 4.69) is 23.9 Å². The number of halogens is 1. The topological polar surface area (TPSA) is 93.7 Å². The van der Waals surface area contributed by atoms with Gasteiger partial charge in [-0.2, -0.15) is 0 Å². The van der Waals surface area contributed by atoms with Crippen molar-refractivity contribution in [1.29, 1.82) is 0 Å². The van der Waals surface area contributed by atoms with Crippen molar-refractivity contribution in [2.45, 2.75) is 31.6 Å². The van der Waals surface area contributed by atoms with Gasteiger partial charge in [-0.05, 0) is 66.4 Å². The third kappa shape index (κ3) is 6.21. The molecule has 0 aromatic heterocycles. The van der Waals surface area contributed by atoms with Gasteiger partial charge in [-0.3, -0.25) is 9.52 Å². The van der Waals surface area contributed by atoms with Crippen LogP contribution < -0.4 is 19.5 Å². The molecule has 1 amide bonds. The summed E-state index contributed by atoms with van der Waals surface area (Å²) in [6, 6.07) is 16.3. The molecule has 0 heterocycles. The summed E-state index contributed by atoms with van der Waals surface area (Å²) in [7, 11) is -2.36. The lowest BCUT2D eigenvalue weighted by Crippen LogP contribution is -2.21. The molecule has 0 radical (unpaired) electrons. The Morgan fingerprint density at radius 2 is 1.76 bits per heavy atom. The molecule has 3 aromatic carbocycles. The smallest absolute Gasteiger partial charge is 0.262 e. The second-order valence-corrected chi connectivity index (χ2v) is 10.0. The minimum Gasteiger partial charge on any atom is -0.495 e. The molecule has 0 aliphatic carbocycles. The molecule has 34 heavy (non-hydrogen) atoms. The average molecular weight is 503 g/mol. The fourth-order valence-corrected chi connectivity index (χ4v) is 4.63. The monoisotopic (exact) mass is 502 g/mol. The summed E-state index contributed by atoms with van der Waals surface area (Å²) >= 11 is 6.06. The van der Waals surface area contributed by atoms with E-state index in [0.29, 0.717) is 17.2 Å². The molecule has 0 fully saturated rings. The van der Waals surface area contributed by atoms with Crippen LogP contribution in [0.4, 0.5) is 11.4 Å². The van der Waals surface area contributed by atoms with Crippen molar-refractivity contribution in [3.8, 4) is 11.5 Å². The van der Waals surface area contributed by atoms with E-state index in [4.69, 9.17) is 21.1 Å². The van der Waals surface area contributed by atoms with Crippen molar-refractivity contribution in [3.63, 3.8) is 0 Å². The SMILES string of the molecule is COc1ccc(NS(=O)(=O)c2ccc(OCC(=O)Nc3c(C)cccc3C(C)C)cc2)cc1Cl. The van der Waals surface area contributed by atoms with E-state index < -0.39 is 10.0 Å². The van der Waals surface area contributed by atoms with Gasteiger partial charge in [0, 0.05) is 5.69 Å². The molecule has 0 aliphatic heterocycles. The van der Waals surface area contributed by atoms with E-state index in [0.717, 1.165) is 16.8 Å². The maximum atomic E-state index is 12.7. The lowest BCUT2D eigenvalue weighted by molar-refractivity contribution is -0.118. The minimum atomic E-state index is -3.84. The first-order valence-electron chi connectivity index (χ1n) is 10.6. The minimum absolute atomic E-state index is 0.0396. The van der Waals surface area contributed by atoms with E-state index in [1.54, 1.807) is 12.1 Å². The lowest BCUT2D eigenvalue weighted by atomic mass is 9.98. The number of carbonyl (C=O) groups excluding carboxylic acids is 1. The van der Waals surface area contributed by atoms with Gasteiger partial charge in [0.2, 0.25) is 0 Å². The van der Waals surface area contributed by atoms with E-state index in [-0.39, 0.29) is 28.4 Å². The molecule has 0 spiro atoms. The van der Waals surface area contributed by atoms with Gasteiger partial charge >= 0.3 is 0 Å². The number of amides is 1. The van der Waals surface area contributed by atoms with Crippen molar-refractivity contribution >= 4 is 38.9 Å². The highest BCUT2D eigenvalue weighted by Crippen LogP contribution is 2.29. The quantitative estimate of drug-likeness (QED) is 0.397. The number of carbonyl (C=O) groups is 1. The Labute approximate surface area is 205 Å². The maximum Gasteiger partial charge on any atom is 0.262 e. The molecular formula is C25H27ClN2O5S. The molecule has 0 unspecified atom stereocenters. The molecule has 0 atom stereocenters. The first kappa shape index (κ1) is 25.4. The largest absolute Gasteiger partial charge is 0.495 e. The van der Waals surface area contributed by atoms with Gasteiger partial charge in [-0.1, -0.05) is 43.6 Å². The van der Waals surface area contributed by atoms with Crippen molar-refractivity contribution < 1.29 is 22.7 Å². The normalized spacial score (nSPS) is 11.2. The Morgan fingerprint density at radius 3 is 2.38 bits per heavy atom. The Bertz CT molecular complexity index is 1270. The van der Waals surface area contributed by atoms with Crippen LogP contribution in [-0.2, 0) is 14.8 Å². The third-order valence-electron chi connectivity index (χ3n) is 5.10. The van der Waals surface area contributed by atoms with Gasteiger partial charge < -0.3 is 14.8 Å². The molecule has 0 bridgehead atoms. The van der Waals surface area contributed by atoms with Gasteiger partial charge in [-0.15, -0.1) is 0 Å². The number of aryl methyl sites for hydroxylation is 1. The third-order valence-corrected chi connectivity index (χ3v) is 6.79. The maximum absolute atomic E-state index is 12.7. The predicted octanol–water partition coefficient (Wildman–Crippen LogP) is 5.60. The second-order valence-electron chi connectivity index (χ2n) is 7.96. The van der Waals surface area contributed by atoms with Crippen LogP contribution in [0.25, 0.3) is 0 Å². The Balaban J connectivity index is 1.63. The summed E-state index contributed by atoms with van der Waals surface area (Å²) in [5.74, 6) is 0.771. The van der Waals surface area contributed by atoms with E-state index >= 15 is 0 Å². The number of anilines is 2. The number of rotatable bonds is 9. The van der Waals surface area contributed by atoms with Crippen LogP contribution in [0.2, 0.25) is 5.02 Å². The van der Waals surface area contributed by atoms with Gasteiger partial charge in [0.15, 0.2) is 6.61 Å². The number of ether oxygens (including phenoxy) is 2. The number of para-hydroxylation sites is 1. The predicted molar refractivity (Wildman–Crippen MR) is 135 cm³/mol. The molecule has 7 nitrogen and oxygen atoms in total. The zero-order chi connectivity index (χ0) is 24.9. The molecular weight excluding hydrogens is 476 g/mol. The first-order chi connectivity index (χ1) is 16.1. The van der Waals surface area contributed by atoms with E-state index in [9.17, 15) is 13.2 Å². The van der Waals surface area contributed by atoms with E-state index in [1.165, 1.54) is 37.4 Å². The Hall–Kier alpha value is -3.23. The number of hydrogen-bond acceptors (Lipinski definition) is 5. The van der Waals surface area contributed by atoms with Crippen LogP contribution in [0.1, 0.15) is 30.9 Å². The lowest BCUT2D eigenvalue weighted by Gasteiger charge is -2.16. The number of benzene rings is 3. The average Bonchev–Trinajstić information content (AvgIpc) is 2.79. The summed E-state index contributed by atoms with van der Waals surface area (Å²) < 4.78 is 38.4. The highest BCUT2D eigenvalue weighted by Gasteiger charge is 2.16. The van der Waals surface area contributed by atoms with Crippen molar-refractivity contribution in [2.75, 3.05) is 23.8 Å². The molecule has 3 aromatic rings. The zero-order valence-corrected chi connectivity index (χ0v) is 21.0. The summed E-state index contributed by atoms with van der Waals surface area (Å²) in [5, 5.41) is 3.20. The highest BCUT2D eigenvalue weighted by atomic mass is 35.5. The number of nitrogens with one attached hydrogen (secondary N) is 2. The van der Waals surface area contributed by atoms with Crippen LogP contribution >= 0.6 is 11.6 Å². The zero-order valence-electron chi connectivity index (χ0n) is 19.4. The van der Waals surface area contributed by atoms with Crippen LogP contribution in [0.15, 0.2) is 65.6 Å². The van der Waals surface area contributed by atoms with Gasteiger partial charge in [-0.25, -0.2) is 8.42 Å². The summed E-state index contributed by atoms with van der Waals surface area (Å²) in [6.07, 6.45) is 0. The van der Waals surface area contributed by atoms with Crippen molar-refractivity contribution in [1.82, 2.24) is 0 Å².